The normalized spacial score (nSPS) is 11.5. The molecule has 74 valence electrons. The number of halogens is 2. The van der Waals surface area contributed by atoms with Crippen LogP contribution in [0.1, 0.15) is 20.8 Å². The fourth-order valence-electron chi connectivity index (χ4n) is 0.535. The predicted molar refractivity (Wildman–Crippen MR) is 54.8 cm³/mol. The van der Waals surface area contributed by atoms with E-state index >= 15 is 0 Å². The van der Waals surface area contributed by atoms with Crippen molar-refractivity contribution in [1.82, 2.24) is 0 Å². The predicted octanol–water partition coefficient (Wildman–Crippen LogP) is 3.20. The van der Waals surface area contributed by atoms with Crippen molar-refractivity contribution < 1.29 is 9.53 Å². The van der Waals surface area contributed by atoms with E-state index < -0.39 is 11.6 Å². The smallest absolute Gasteiger partial charge is 0.331 e. The van der Waals surface area contributed by atoms with Crippen molar-refractivity contribution in [3.05, 3.63) is 22.7 Å². The minimum absolute atomic E-state index is 0.0970. The van der Waals surface area contributed by atoms with Crippen LogP contribution < -0.4 is 0 Å². The van der Waals surface area contributed by atoms with Gasteiger partial charge in [0.25, 0.3) is 0 Å². The van der Waals surface area contributed by atoms with Crippen molar-refractivity contribution >= 4 is 29.2 Å². The second kappa shape index (κ2) is 5.30. The second-order valence-corrected chi connectivity index (χ2v) is 4.36. The maximum Gasteiger partial charge on any atom is 0.331 e. The first kappa shape index (κ1) is 12.5. The molecule has 0 aromatic rings. The standard InChI is InChI=1S/C9H12Cl2O2/c1-9(2,3)13-8(12)6-4-5-7(10)11/h4-6H,1-3H3. The zero-order valence-corrected chi connectivity index (χ0v) is 9.32. The number of carbonyl (C=O) groups excluding carboxylic acids is 1. The third-order valence-corrected chi connectivity index (χ3v) is 1.11. The number of carbonyl (C=O) groups is 1. The Labute approximate surface area is 88.2 Å². The molecule has 0 aliphatic carbocycles. The zero-order valence-electron chi connectivity index (χ0n) is 7.80. The Morgan fingerprint density at radius 2 is 1.85 bits per heavy atom. The molecular formula is C9H12Cl2O2. The van der Waals surface area contributed by atoms with Crippen LogP contribution in [-0.4, -0.2) is 11.6 Å². The highest BCUT2D eigenvalue weighted by Crippen LogP contribution is 2.08. The first-order chi connectivity index (χ1) is 5.81. The number of rotatable bonds is 2. The average molecular weight is 223 g/mol. The van der Waals surface area contributed by atoms with Crippen molar-refractivity contribution in [3.63, 3.8) is 0 Å². The van der Waals surface area contributed by atoms with Gasteiger partial charge in [-0.2, -0.15) is 0 Å². The van der Waals surface area contributed by atoms with Crippen LogP contribution >= 0.6 is 23.2 Å². The maximum absolute atomic E-state index is 11.0. The van der Waals surface area contributed by atoms with E-state index in [2.05, 4.69) is 0 Å². The molecule has 0 aliphatic heterocycles. The van der Waals surface area contributed by atoms with Gasteiger partial charge >= 0.3 is 5.97 Å². The van der Waals surface area contributed by atoms with Gasteiger partial charge in [0.15, 0.2) is 0 Å². The Morgan fingerprint density at radius 1 is 1.31 bits per heavy atom. The fourth-order valence-corrected chi connectivity index (χ4v) is 0.681. The van der Waals surface area contributed by atoms with Crippen LogP contribution in [0.15, 0.2) is 22.7 Å². The molecule has 0 atom stereocenters. The summed E-state index contributed by atoms with van der Waals surface area (Å²) in [6.45, 7) is 5.38. The van der Waals surface area contributed by atoms with E-state index in [1.807, 2.05) is 0 Å². The minimum Gasteiger partial charge on any atom is -0.457 e. The van der Waals surface area contributed by atoms with Crippen molar-refractivity contribution in [1.29, 1.82) is 0 Å². The van der Waals surface area contributed by atoms with E-state index in [9.17, 15) is 4.79 Å². The molecule has 0 amide bonds. The largest absolute Gasteiger partial charge is 0.457 e. The number of esters is 1. The molecule has 0 radical (unpaired) electrons. The summed E-state index contributed by atoms with van der Waals surface area (Å²) < 4.78 is 5.08. The third kappa shape index (κ3) is 9.44. The fraction of sp³-hybridized carbons (Fsp3) is 0.444. The van der Waals surface area contributed by atoms with E-state index in [0.717, 1.165) is 0 Å². The van der Waals surface area contributed by atoms with Gasteiger partial charge in [0, 0.05) is 6.08 Å². The van der Waals surface area contributed by atoms with E-state index in [4.69, 9.17) is 27.9 Å². The lowest BCUT2D eigenvalue weighted by Crippen LogP contribution is -2.22. The van der Waals surface area contributed by atoms with Gasteiger partial charge in [-0.25, -0.2) is 4.79 Å². The van der Waals surface area contributed by atoms with Gasteiger partial charge in [0.2, 0.25) is 0 Å². The van der Waals surface area contributed by atoms with Crippen LogP contribution in [0.2, 0.25) is 0 Å². The summed E-state index contributed by atoms with van der Waals surface area (Å²) in [6.07, 6.45) is 4.09. The van der Waals surface area contributed by atoms with Gasteiger partial charge in [-0.05, 0) is 26.8 Å². The van der Waals surface area contributed by atoms with Crippen molar-refractivity contribution in [2.24, 2.45) is 0 Å². The molecule has 2 nitrogen and oxygen atoms in total. The summed E-state index contributed by atoms with van der Waals surface area (Å²) in [5.41, 5.74) is -0.476. The number of allylic oxidation sites excluding steroid dienone is 2. The van der Waals surface area contributed by atoms with Crippen molar-refractivity contribution in [2.45, 2.75) is 26.4 Å². The summed E-state index contributed by atoms with van der Waals surface area (Å²) >= 11 is 10.6. The van der Waals surface area contributed by atoms with Gasteiger partial charge < -0.3 is 4.74 Å². The van der Waals surface area contributed by atoms with E-state index in [-0.39, 0.29) is 4.49 Å². The highest BCUT2D eigenvalue weighted by atomic mass is 35.5. The molecule has 0 spiro atoms. The lowest BCUT2D eigenvalue weighted by molar-refractivity contribution is -0.148. The number of hydrogen-bond acceptors (Lipinski definition) is 2. The molecule has 0 N–H and O–H groups in total. The molecule has 0 aliphatic rings. The lowest BCUT2D eigenvalue weighted by atomic mass is 10.2. The Balaban J connectivity index is 4.03. The van der Waals surface area contributed by atoms with Crippen LogP contribution in [0.25, 0.3) is 0 Å². The van der Waals surface area contributed by atoms with Crippen LogP contribution in [0, 0.1) is 0 Å². The highest BCUT2D eigenvalue weighted by molar-refractivity contribution is 6.55. The first-order valence-electron chi connectivity index (χ1n) is 3.73. The van der Waals surface area contributed by atoms with Crippen LogP contribution in [0.5, 0.6) is 0 Å². The molecular weight excluding hydrogens is 211 g/mol. The average Bonchev–Trinajstić information content (AvgIpc) is 1.81. The van der Waals surface area contributed by atoms with Gasteiger partial charge in [-0.1, -0.05) is 29.3 Å². The quantitative estimate of drug-likeness (QED) is 0.408. The van der Waals surface area contributed by atoms with E-state index in [1.165, 1.54) is 18.2 Å². The Kier molecular flexibility index (Phi) is 5.11. The van der Waals surface area contributed by atoms with Crippen molar-refractivity contribution in [2.75, 3.05) is 0 Å². The molecule has 0 heterocycles. The number of ether oxygens (including phenoxy) is 1. The summed E-state index contributed by atoms with van der Waals surface area (Å²) in [5, 5.41) is 0. The summed E-state index contributed by atoms with van der Waals surface area (Å²) in [6, 6.07) is 0. The summed E-state index contributed by atoms with van der Waals surface area (Å²) in [7, 11) is 0. The second-order valence-electron chi connectivity index (χ2n) is 3.35. The SMILES string of the molecule is CC(C)(C)OC(=O)C=CC=C(Cl)Cl. The monoisotopic (exact) mass is 222 g/mol. The van der Waals surface area contributed by atoms with Gasteiger partial charge in [-0.3, -0.25) is 0 Å². The molecule has 0 fully saturated rings. The summed E-state index contributed by atoms with van der Waals surface area (Å²) in [4.78, 5) is 11.0. The van der Waals surface area contributed by atoms with E-state index in [0.29, 0.717) is 0 Å². The van der Waals surface area contributed by atoms with Gasteiger partial charge in [-0.15, -0.1) is 0 Å². The van der Waals surface area contributed by atoms with Gasteiger partial charge in [0.1, 0.15) is 10.1 Å². The van der Waals surface area contributed by atoms with Gasteiger partial charge in [0.05, 0.1) is 0 Å². The molecule has 0 aromatic carbocycles. The molecule has 0 unspecified atom stereocenters. The lowest BCUT2D eigenvalue weighted by Gasteiger charge is -2.17. The Hall–Kier alpha value is -0.470. The molecule has 0 aromatic heterocycles. The molecule has 0 bridgehead atoms. The van der Waals surface area contributed by atoms with E-state index in [1.54, 1.807) is 20.8 Å². The maximum atomic E-state index is 11.0. The van der Waals surface area contributed by atoms with Crippen molar-refractivity contribution in [3.8, 4) is 0 Å². The summed E-state index contributed by atoms with van der Waals surface area (Å²) in [5.74, 6) is -0.418. The van der Waals surface area contributed by atoms with Crippen LogP contribution in [0.4, 0.5) is 0 Å². The topological polar surface area (TPSA) is 26.3 Å². The Morgan fingerprint density at radius 3 is 2.23 bits per heavy atom. The Bertz CT molecular complexity index is 232. The molecule has 0 saturated heterocycles. The first-order valence-corrected chi connectivity index (χ1v) is 4.49. The zero-order chi connectivity index (χ0) is 10.5. The molecule has 0 rings (SSSR count). The molecule has 0 saturated carbocycles. The number of hydrogen-bond donors (Lipinski definition) is 0. The molecule has 4 heteroatoms. The minimum atomic E-state index is -0.476. The third-order valence-electron chi connectivity index (χ3n) is 0.861. The highest BCUT2D eigenvalue weighted by Gasteiger charge is 2.13. The molecule has 13 heavy (non-hydrogen) atoms. The van der Waals surface area contributed by atoms with Crippen LogP contribution in [-0.2, 0) is 9.53 Å². The van der Waals surface area contributed by atoms with Crippen LogP contribution in [0.3, 0.4) is 0 Å².